The molecule has 0 unspecified atom stereocenters. The van der Waals surface area contributed by atoms with Crippen molar-refractivity contribution in [2.24, 2.45) is 0 Å². The molecule has 0 saturated carbocycles. The van der Waals surface area contributed by atoms with Gasteiger partial charge >= 0.3 is 0 Å². The SMILES string of the molecule is Cc1ccc(C)c(Sc2ncccc2C(=O)Nc2ccc(N3CCOCC3)cc2)c1. The van der Waals surface area contributed by atoms with Crippen LogP contribution < -0.4 is 10.2 Å². The van der Waals surface area contributed by atoms with Gasteiger partial charge in [-0.3, -0.25) is 4.79 Å². The molecule has 2 aromatic carbocycles. The Balaban J connectivity index is 1.49. The number of nitrogens with zero attached hydrogens (tertiary/aromatic N) is 2. The zero-order valence-electron chi connectivity index (χ0n) is 17.2. The van der Waals surface area contributed by atoms with Gasteiger partial charge in [0, 0.05) is 35.6 Å². The van der Waals surface area contributed by atoms with E-state index in [1.807, 2.05) is 30.3 Å². The summed E-state index contributed by atoms with van der Waals surface area (Å²) in [7, 11) is 0. The van der Waals surface area contributed by atoms with E-state index in [1.165, 1.54) is 22.9 Å². The number of anilines is 2. The van der Waals surface area contributed by atoms with E-state index in [2.05, 4.69) is 47.2 Å². The highest BCUT2D eigenvalue weighted by molar-refractivity contribution is 7.99. The summed E-state index contributed by atoms with van der Waals surface area (Å²) in [6.07, 6.45) is 1.72. The zero-order valence-corrected chi connectivity index (χ0v) is 18.0. The number of nitrogens with one attached hydrogen (secondary N) is 1. The number of morpholine rings is 1. The molecule has 1 N–H and O–H groups in total. The summed E-state index contributed by atoms with van der Waals surface area (Å²) >= 11 is 1.52. The molecular formula is C24H25N3O2S. The number of aryl methyl sites for hydroxylation is 2. The minimum atomic E-state index is -0.157. The summed E-state index contributed by atoms with van der Waals surface area (Å²) in [6, 6.07) is 17.9. The Morgan fingerprint density at radius 3 is 2.60 bits per heavy atom. The lowest BCUT2D eigenvalue weighted by molar-refractivity contribution is 0.102. The summed E-state index contributed by atoms with van der Waals surface area (Å²) in [4.78, 5) is 20.8. The summed E-state index contributed by atoms with van der Waals surface area (Å²) in [5.41, 5.74) is 4.83. The lowest BCUT2D eigenvalue weighted by Crippen LogP contribution is -2.36. The third-order valence-corrected chi connectivity index (χ3v) is 6.25. The number of benzene rings is 2. The van der Waals surface area contributed by atoms with Gasteiger partial charge in [-0.25, -0.2) is 4.98 Å². The molecule has 1 amide bonds. The number of hydrogen-bond donors (Lipinski definition) is 1. The second-order valence-electron chi connectivity index (χ2n) is 7.33. The zero-order chi connectivity index (χ0) is 20.9. The molecule has 0 spiro atoms. The first kappa shape index (κ1) is 20.4. The van der Waals surface area contributed by atoms with Crippen LogP contribution in [0.25, 0.3) is 0 Å². The van der Waals surface area contributed by atoms with Crippen LogP contribution in [-0.2, 0) is 4.74 Å². The highest BCUT2D eigenvalue weighted by Crippen LogP contribution is 2.32. The number of carbonyl (C=O) groups is 1. The van der Waals surface area contributed by atoms with Crippen molar-refractivity contribution in [1.82, 2.24) is 4.98 Å². The van der Waals surface area contributed by atoms with Gasteiger partial charge in [-0.15, -0.1) is 0 Å². The molecule has 1 saturated heterocycles. The molecule has 5 nitrogen and oxygen atoms in total. The molecule has 4 rings (SSSR count). The largest absolute Gasteiger partial charge is 0.378 e. The number of ether oxygens (including phenoxy) is 1. The summed E-state index contributed by atoms with van der Waals surface area (Å²) < 4.78 is 5.41. The minimum absolute atomic E-state index is 0.157. The molecule has 0 aliphatic carbocycles. The Morgan fingerprint density at radius 2 is 1.83 bits per heavy atom. The number of carbonyl (C=O) groups excluding carboxylic acids is 1. The Morgan fingerprint density at radius 1 is 1.07 bits per heavy atom. The van der Waals surface area contributed by atoms with Crippen molar-refractivity contribution in [2.45, 2.75) is 23.8 Å². The quantitative estimate of drug-likeness (QED) is 0.635. The molecule has 1 aliphatic heterocycles. The molecule has 154 valence electrons. The maximum atomic E-state index is 13.0. The Bertz CT molecular complexity index is 1030. The monoisotopic (exact) mass is 419 g/mol. The molecular weight excluding hydrogens is 394 g/mol. The van der Waals surface area contributed by atoms with Crippen LogP contribution >= 0.6 is 11.8 Å². The molecule has 1 aliphatic rings. The summed E-state index contributed by atoms with van der Waals surface area (Å²) in [6.45, 7) is 7.41. The predicted octanol–water partition coefficient (Wildman–Crippen LogP) is 4.94. The van der Waals surface area contributed by atoms with Gasteiger partial charge in [0.15, 0.2) is 0 Å². The number of amides is 1. The Labute approximate surface area is 181 Å². The molecule has 2 heterocycles. The Hall–Kier alpha value is -2.83. The van der Waals surface area contributed by atoms with E-state index in [1.54, 1.807) is 12.3 Å². The van der Waals surface area contributed by atoms with Crippen LogP contribution in [-0.4, -0.2) is 37.2 Å². The van der Waals surface area contributed by atoms with Crippen LogP contribution in [0.2, 0.25) is 0 Å². The molecule has 30 heavy (non-hydrogen) atoms. The van der Waals surface area contributed by atoms with Gasteiger partial charge in [0.25, 0.3) is 5.91 Å². The fourth-order valence-corrected chi connectivity index (χ4v) is 4.41. The van der Waals surface area contributed by atoms with E-state index in [4.69, 9.17) is 4.74 Å². The van der Waals surface area contributed by atoms with Gasteiger partial charge in [0.2, 0.25) is 0 Å². The highest BCUT2D eigenvalue weighted by Gasteiger charge is 2.16. The maximum Gasteiger partial charge on any atom is 0.258 e. The van der Waals surface area contributed by atoms with Crippen LogP contribution in [0.3, 0.4) is 0 Å². The first-order valence-electron chi connectivity index (χ1n) is 10.0. The van der Waals surface area contributed by atoms with E-state index in [9.17, 15) is 4.79 Å². The second kappa shape index (κ2) is 9.32. The third kappa shape index (κ3) is 4.83. The topological polar surface area (TPSA) is 54.5 Å². The minimum Gasteiger partial charge on any atom is -0.378 e. The van der Waals surface area contributed by atoms with Gasteiger partial charge in [0.1, 0.15) is 5.03 Å². The van der Waals surface area contributed by atoms with Crippen molar-refractivity contribution in [3.8, 4) is 0 Å². The van der Waals surface area contributed by atoms with Crippen molar-refractivity contribution >= 4 is 29.0 Å². The van der Waals surface area contributed by atoms with E-state index in [-0.39, 0.29) is 5.91 Å². The van der Waals surface area contributed by atoms with E-state index < -0.39 is 0 Å². The van der Waals surface area contributed by atoms with E-state index >= 15 is 0 Å². The van der Waals surface area contributed by atoms with Crippen LogP contribution in [0, 0.1) is 13.8 Å². The molecule has 1 fully saturated rings. The molecule has 0 atom stereocenters. The lowest BCUT2D eigenvalue weighted by Gasteiger charge is -2.28. The molecule has 6 heteroatoms. The number of hydrogen-bond acceptors (Lipinski definition) is 5. The summed E-state index contributed by atoms with van der Waals surface area (Å²) in [5.74, 6) is -0.157. The average Bonchev–Trinajstić information content (AvgIpc) is 2.78. The molecule has 0 bridgehead atoms. The third-order valence-electron chi connectivity index (χ3n) is 5.07. The number of aromatic nitrogens is 1. The van der Waals surface area contributed by atoms with Crippen molar-refractivity contribution in [2.75, 3.05) is 36.5 Å². The van der Waals surface area contributed by atoms with Crippen LogP contribution in [0.5, 0.6) is 0 Å². The summed E-state index contributed by atoms with van der Waals surface area (Å²) in [5, 5.41) is 3.71. The normalized spacial score (nSPS) is 13.9. The van der Waals surface area contributed by atoms with E-state index in [0.29, 0.717) is 10.6 Å². The fraction of sp³-hybridized carbons (Fsp3) is 0.250. The van der Waals surface area contributed by atoms with Crippen LogP contribution in [0.1, 0.15) is 21.5 Å². The van der Waals surface area contributed by atoms with Crippen molar-refractivity contribution in [1.29, 1.82) is 0 Å². The lowest BCUT2D eigenvalue weighted by atomic mass is 10.2. The molecule has 1 aromatic heterocycles. The first-order chi connectivity index (χ1) is 14.6. The predicted molar refractivity (Wildman–Crippen MR) is 122 cm³/mol. The second-order valence-corrected chi connectivity index (χ2v) is 8.36. The van der Waals surface area contributed by atoms with Gasteiger partial charge in [0.05, 0.1) is 18.8 Å². The maximum absolute atomic E-state index is 13.0. The van der Waals surface area contributed by atoms with Crippen molar-refractivity contribution in [3.05, 3.63) is 77.5 Å². The fourth-order valence-electron chi connectivity index (χ4n) is 3.34. The van der Waals surface area contributed by atoms with Gasteiger partial charge in [-0.2, -0.15) is 0 Å². The van der Waals surface area contributed by atoms with Crippen LogP contribution in [0.4, 0.5) is 11.4 Å². The van der Waals surface area contributed by atoms with Gasteiger partial charge in [-0.1, -0.05) is 23.9 Å². The van der Waals surface area contributed by atoms with Gasteiger partial charge < -0.3 is 15.0 Å². The van der Waals surface area contributed by atoms with Crippen molar-refractivity contribution in [3.63, 3.8) is 0 Å². The molecule has 3 aromatic rings. The highest BCUT2D eigenvalue weighted by atomic mass is 32.2. The first-order valence-corrected chi connectivity index (χ1v) is 10.9. The smallest absolute Gasteiger partial charge is 0.258 e. The molecule has 0 radical (unpaired) electrons. The van der Waals surface area contributed by atoms with Crippen LogP contribution in [0.15, 0.2) is 70.7 Å². The van der Waals surface area contributed by atoms with Gasteiger partial charge in [-0.05, 0) is 67.4 Å². The van der Waals surface area contributed by atoms with Crippen molar-refractivity contribution < 1.29 is 9.53 Å². The standard InChI is InChI=1S/C24H25N3O2S/c1-17-5-6-18(2)22(16-17)30-24-21(4-3-11-25-24)23(28)26-19-7-9-20(10-8-19)27-12-14-29-15-13-27/h3-11,16H,12-15H2,1-2H3,(H,26,28). The average molecular weight is 420 g/mol. The Kier molecular flexibility index (Phi) is 6.35. The number of pyridine rings is 1. The number of rotatable bonds is 5. The van der Waals surface area contributed by atoms with E-state index in [0.717, 1.165) is 42.6 Å².